The maximum atomic E-state index is 2.38. The van der Waals surface area contributed by atoms with Crippen molar-refractivity contribution in [2.45, 2.75) is 47.0 Å². The maximum absolute atomic E-state index is 2.38. The van der Waals surface area contributed by atoms with Gasteiger partial charge in [0.2, 0.25) is 0 Å². The summed E-state index contributed by atoms with van der Waals surface area (Å²) in [6.45, 7) is 11.0. The van der Waals surface area contributed by atoms with E-state index < -0.39 is 0 Å². The van der Waals surface area contributed by atoms with Gasteiger partial charge in [-0.3, -0.25) is 0 Å². The summed E-state index contributed by atoms with van der Waals surface area (Å²) in [6.07, 6.45) is 3.45. The summed E-state index contributed by atoms with van der Waals surface area (Å²) in [5.41, 5.74) is 11.2. The molecule has 0 N–H and O–H groups in total. The second-order valence-corrected chi connectivity index (χ2v) is 8.05. The van der Waals surface area contributed by atoms with E-state index in [-0.39, 0.29) is 37.2 Å². The van der Waals surface area contributed by atoms with Gasteiger partial charge in [-0.1, -0.05) is 0 Å². The van der Waals surface area contributed by atoms with Crippen LogP contribution in [0, 0.1) is 27.7 Å². The van der Waals surface area contributed by atoms with E-state index >= 15 is 0 Å². The van der Waals surface area contributed by atoms with Crippen molar-refractivity contribution in [3.8, 4) is 0 Å². The van der Waals surface area contributed by atoms with Crippen molar-refractivity contribution in [1.29, 1.82) is 0 Å². The number of rotatable bonds is 3. The second kappa shape index (κ2) is 10.9. The van der Waals surface area contributed by atoms with E-state index in [4.69, 9.17) is 0 Å². The van der Waals surface area contributed by atoms with E-state index in [9.17, 15) is 0 Å². The predicted octanol–water partition coefficient (Wildman–Crippen LogP) is -2.78. The molecule has 142 valence electrons. The molecule has 2 aromatic carbocycles. The number of allylic oxidation sites excluding steroid dienone is 4. The zero-order valence-electron chi connectivity index (χ0n) is 16.5. The number of hydrogen-bond donors (Lipinski definition) is 0. The van der Waals surface area contributed by atoms with Gasteiger partial charge >= 0.3 is 158 Å². The molecule has 0 aromatic heterocycles. The van der Waals surface area contributed by atoms with Crippen LogP contribution in [0.25, 0.3) is 0 Å². The molecular formula is C23H25Cl3Ti. The summed E-state index contributed by atoms with van der Waals surface area (Å²) in [4.78, 5) is 0. The minimum absolute atomic E-state index is 0. The van der Waals surface area contributed by atoms with Crippen LogP contribution in [0.5, 0.6) is 0 Å². The van der Waals surface area contributed by atoms with Gasteiger partial charge < -0.3 is 37.2 Å². The Morgan fingerprint density at radius 2 is 1.04 bits per heavy atom. The Balaban J connectivity index is 0.00000225. The van der Waals surface area contributed by atoms with Crippen molar-refractivity contribution in [2.24, 2.45) is 0 Å². The van der Waals surface area contributed by atoms with E-state index in [1.165, 1.54) is 42.8 Å². The molecule has 0 radical (unpaired) electrons. The molecule has 0 bridgehead atoms. The molecule has 1 aliphatic rings. The van der Waals surface area contributed by atoms with Crippen molar-refractivity contribution in [2.75, 3.05) is 0 Å². The number of hydrogen-bond acceptors (Lipinski definition) is 0. The first-order valence-electron chi connectivity index (χ1n) is 8.63. The molecule has 3 rings (SSSR count). The fraction of sp³-hybridized carbons (Fsp3) is 0.304. The molecule has 27 heavy (non-hydrogen) atoms. The predicted molar refractivity (Wildman–Crippen MR) is 99.1 cm³/mol. The zero-order chi connectivity index (χ0) is 17.4. The molecule has 4 heteroatoms. The summed E-state index contributed by atoms with van der Waals surface area (Å²) < 4.78 is 1.47. The Kier molecular flexibility index (Phi) is 10.7. The summed E-state index contributed by atoms with van der Waals surface area (Å²) in [5, 5.41) is 0. The van der Waals surface area contributed by atoms with Crippen molar-refractivity contribution in [3.63, 3.8) is 0 Å². The van der Waals surface area contributed by atoms with Crippen LogP contribution in [-0.2, 0) is 20.4 Å². The van der Waals surface area contributed by atoms with Gasteiger partial charge in [0.15, 0.2) is 0 Å². The van der Waals surface area contributed by atoms with Crippen molar-refractivity contribution in [1.82, 2.24) is 0 Å². The smallest absolute Gasteiger partial charge is 1.00 e. The molecule has 0 fully saturated rings. The monoisotopic (exact) mass is 454 g/mol. The van der Waals surface area contributed by atoms with Gasteiger partial charge in [0.25, 0.3) is 0 Å². The molecule has 0 spiro atoms. The van der Waals surface area contributed by atoms with E-state index in [1.54, 1.807) is 5.57 Å². The van der Waals surface area contributed by atoms with Gasteiger partial charge in [0.1, 0.15) is 0 Å². The minimum Gasteiger partial charge on any atom is -1.00 e. The SMILES string of the molecule is CC1=CCC(C(c2cc(C)cc(C)c2)c2cc(C)cc(C)c2)=[C]1[Ti+3].[Cl-].[Cl-].[Cl-]. The summed E-state index contributed by atoms with van der Waals surface area (Å²) in [5.74, 6) is 0.357. The van der Waals surface area contributed by atoms with E-state index in [0.29, 0.717) is 5.92 Å². The average molecular weight is 456 g/mol. The van der Waals surface area contributed by atoms with Crippen LogP contribution in [0.4, 0.5) is 0 Å². The van der Waals surface area contributed by atoms with Crippen LogP contribution in [0.1, 0.15) is 52.6 Å². The molecular weight excluding hydrogens is 430 g/mol. The van der Waals surface area contributed by atoms with Crippen LogP contribution < -0.4 is 37.2 Å². The average Bonchev–Trinajstić information content (AvgIpc) is 2.78. The topological polar surface area (TPSA) is 0 Å². The Hall–Kier alpha value is -0.496. The first-order valence-corrected chi connectivity index (χ1v) is 9.41. The molecule has 0 saturated heterocycles. The Morgan fingerprint density at radius 3 is 1.33 bits per heavy atom. The Labute approximate surface area is 194 Å². The van der Waals surface area contributed by atoms with E-state index in [2.05, 4.69) is 97.5 Å². The van der Waals surface area contributed by atoms with E-state index in [0.717, 1.165) is 6.42 Å². The van der Waals surface area contributed by atoms with Gasteiger partial charge in [0.05, 0.1) is 0 Å². The summed E-state index contributed by atoms with van der Waals surface area (Å²) in [7, 11) is 0. The molecule has 0 nitrogen and oxygen atoms in total. The molecule has 0 unspecified atom stereocenters. The number of halogens is 3. The van der Waals surface area contributed by atoms with Crippen molar-refractivity contribution >= 4 is 0 Å². The van der Waals surface area contributed by atoms with Gasteiger partial charge in [-0.05, 0) is 0 Å². The van der Waals surface area contributed by atoms with Crippen LogP contribution in [0.3, 0.4) is 0 Å². The van der Waals surface area contributed by atoms with Crippen LogP contribution in [0.15, 0.2) is 57.5 Å². The quantitative estimate of drug-likeness (QED) is 0.439. The van der Waals surface area contributed by atoms with Crippen molar-refractivity contribution < 1.29 is 57.7 Å². The molecule has 0 aliphatic heterocycles. The second-order valence-electron chi connectivity index (χ2n) is 7.27. The maximum Gasteiger partial charge on any atom is -1.00 e. The van der Waals surface area contributed by atoms with Gasteiger partial charge in [-0.2, -0.15) is 0 Å². The summed E-state index contributed by atoms with van der Waals surface area (Å²) >= 11 is 2.28. The third-order valence-electron chi connectivity index (χ3n) is 4.85. The molecule has 0 amide bonds. The molecule has 1 aliphatic carbocycles. The van der Waals surface area contributed by atoms with Crippen LogP contribution >= 0.6 is 0 Å². The minimum atomic E-state index is 0. The number of benzene rings is 2. The van der Waals surface area contributed by atoms with Gasteiger partial charge in [-0.15, -0.1) is 0 Å². The third-order valence-corrected chi connectivity index (χ3v) is 5.96. The van der Waals surface area contributed by atoms with Gasteiger partial charge in [-0.25, -0.2) is 0 Å². The first kappa shape index (κ1) is 26.5. The van der Waals surface area contributed by atoms with Crippen LogP contribution in [0.2, 0.25) is 0 Å². The fourth-order valence-corrected chi connectivity index (χ4v) is 4.47. The molecule has 0 heterocycles. The Bertz CT molecular complexity index is 774. The Morgan fingerprint density at radius 1 is 0.667 bits per heavy atom. The third kappa shape index (κ3) is 5.99. The summed E-state index contributed by atoms with van der Waals surface area (Å²) in [6, 6.07) is 14.0. The molecule has 0 atom stereocenters. The zero-order valence-corrected chi connectivity index (χ0v) is 20.3. The largest absolute Gasteiger partial charge is 1.00 e. The molecule has 2 aromatic rings. The number of aryl methyl sites for hydroxylation is 4. The first-order chi connectivity index (χ1) is 11.3. The van der Waals surface area contributed by atoms with Gasteiger partial charge in [0, 0.05) is 0 Å². The molecule has 0 saturated carbocycles. The van der Waals surface area contributed by atoms with E-state index in [1.807, 2.05) is 0 Å². The normalized spacial score (nSPS) is 13.0. The van der Waals surface area contributed by atoms with Crippen molar-refractivity contribution in [3.05, 3.63) is 90.9 Å². The van der Waals surface area contributed by atoms with Crippen LogP contribution in [-0.4, -0.2) is 0 Å². The fourth-order valence-electron chi connectivity index (χ4n) is 3.93. The standard InChI is InChI=1S/C23H25.3ClH.Ti/c1-15-6-7-20(10-15)23(21-11-16(2)8-17(3)12-21)22-13-18(4)9-19(5)14-22;;;;/h6,8-9,11-14,23H,7H2,1-5H3;3*1H;/q;;;;+3/p-3.